The van der Waals surface area contributed by atoms with Crippen LogP contribution in [-0.4, -0.2) is 30.5 Å². The molecule has 0 saturated carbocycles. The zero-order valence-electron chi connectivity index (χ0n) is 20.2. The van der Waals surface area contributed by atoms with E-state index in [1.807, 2.05) is 48.5 Å². The predicted molar refractivity (Wildman–Crippen MR) is 142 cm³/mol. The minimum absolute atomic E-state index is 0. The van der Waals surface area contributed by atoms with Crippen LogP contribution in [0.3, 0.4) is 0 Å². The van der Waals surface area contributed by atoms with Gasteiger partial charge in [0.05, 0.1) is 35.1 Å². The van der Waals surface area contributed by atoms with Crippen LogP contribution in [-0.2, 0) is 16.0 Å². The molecule has 0 atom stereocenters. The lowest BCUT2D eigenvalue weighted by atomic mass is 9.95. The van der Waals surface area contributed by atoms with Gasteiger partial charge in [-0.15, -0.1) is 0 Å². The topological polar surface area (TPSA) is 82.5 Å². The Balaban J connectivity index is 0.00000361. The first-order valence-electron chi connectivity index (χ1n) is 11.7. The monoisotopic (exact) mass is 614 g/mol. The fourth-order valence-corrected chi connectivity index (χ4v) is 4.66. The number of halogens is 2. The number of hydrogen-bond acceptors (Lipinski definition) is 5. The molecule has 4 rings (SSSR count). The zero-order valence-corrected chi connectivity index (χ0v) is 23.4. The Morgan fingerprint density at radius 1 is 0.889 bits per heavy atom. The number of benzene rings is 3. The first kappa shape index (κ1) is 27.6. The first-order valence-corrected chi connectivity index (χ1v) is 12.8. The van der Waals surface area contributed by atoms with Crippen molar-refractivity contribution in [3.05, 3.63) is 71.8 Å². The average Bonchev–Trinajstić information content (AvgIpc) is 2.87. The maximum Gasteiger partial charge on any atom is 0.338 e. The molecule has 36 heavy (non-hydrogen) atoms. The van der Waals surface area contributed by atoms with Crippen LogP contribution in [0.15, 0.2) is 60.7 Å². The maximum absolute atomic E-state index is 12.6. The maximum atomic E-state index is 12.6. The van der Waals surface area contributed by atoms with Crippen molar-refractivity contribution in [2.24, 2.45) is 0 Å². The van der Waals surface area contributed by atoms with E-state index in [9.17, 15) is 9.59 Å². The highest BCUT2D eigenvalue weighted by Crippen LogP contribution is 2.35. The minimum atomic E-state index is -0.410. The summed E-state index contributed by atoms with van der Waals surface area (Å²) in [6.07, 6.45) is 0.853. The Hall–Kier alpha value is -2.97. The van der Waals surface area contributed by atoms with Gasteiger partial charge in [-0.25, -0.2) is 9.59 Å². The smallest absolute Gasteiger partial charge is 0.338 e. The molecule has 0 bridgehead atoms. The third kappa shape index (κ3) is 5.39. The van der Waals surface area contributed by atoms with E-state index in [1.165, 1.54) is 0 Å². The van der Waals surface area contributed by atoms with Gasteiger partial charge in [-0.2, -0.15) is 4.57 Å². The van der Waals surface area contributed by atoms with Gasteiger partial charge in [0.15, 0.2) is 6.54 Å². The van der Waals surface area contributed by atoms with E-state index in [0.29, 0.717) is 30.0 Å². The van der Waals surface area contributed by atoms with Crippen LogP contribution < -0.4 is 27.3 Å². The molecule has 0 fully saturated rings. The number of rotatable bonds is 8. The van der Waals surface area contributed by atoms with Crippen molar-refractivity contribution in [1.29, 1.82) is 0 Å². The molecule has 0 radical (unpaired) electrons. The summed E-state index contributed by atoms with van der Waals surface area (Å²) < 4.78 is 12.7. The SMILES string of the molecule is CCOC(=O)c1ccc2c(c1)c(-c1ccccc1)[n+](CCCBr)c1cc(C(=O)OCC)cc(N)c21.[Br-]. The Labute approximate surface area is 229 Å². The van der Waals surface area contributed by atoms with E-state index in [4.69, 9.17) is 15.2 Å². The predicted octanol–water partition coefficient (Wildman–Crippen LogP) is 2.67. The van der Waals surface area contributed by atoms with Gasteiger partial charge in [0.2, 0.25) is 11.2 Å². The van der Waals surface area contributed by atoms with Crippen LogP contribution >= 0.6 is 15.9 Å². The van der Waals surface area contributed by atoms with Crippen LogP contribution in [0.25, 0.3) is 32.9 Å². The molecule has 0 spiro atoms. The number of fused-ring (bicyclic) bond motifs is 3. The van der Waals surface area contributed by atoms with Crippen molar-refractivity contribution in [1.82, 2.24) is 0 Å². The average molecular weight is 616 g/mol. The summed E-state index contributed by atoms with van der Waals surface area (Å²) in [6, 6.07) is 19.1. The number of aromatic nitrogens is 1. The molecule has 188 valence electrons. The van der Waals surface area contributed by atoms with Gasteiger partial charge in [0, 0.05) is 34.5 Å². The largest absolute Gasteiger partial charge is 1.00 e. The second kappa shape index (κ2) is 12.3. The standard InChI is InChI=1S/C28H27BrN2O4.BrH/c1-3-34-27(32)19-11-12-21-22(15-19)26(18-9-6-5-7-10-18)31(14-8-13-29)24-17-20(28(33)35-4-2)16-23(30)25(21)24;/h5-7,9-12,15-17,30H,3-4,8,13-14H2,1-2H3;1H. The summed E-state index contributed by atoms with van der Waals surface area (Å²) in [4.78, 5) is 25.2. The van der Waals surface area contributed by atoms with Crippen LogP contribution in [0, 0.1) is 0 Å². The lowest BCUT2D eigenvalue weighted by Gasteiger charge is -2.15. The number of carbonyl (C=O) groups is 2. The molecule has 0 aliphatic heterocycles. The number of anilines is 1. The lowest BCUT2D eigenvalue weighted by molar-refractivity contribution is -0.659. The summed E-state index contributed by atoms with van der Waals surface area (Å²) in [5.74, 6) is -0.779. The molecular weight excluding hydrogens is 588 g/mol. The molecule has 1 heterocycles. The van der Waals surface area contributed by atoms with Crippen molar-refractivity contribution in [3.8, 4) is 11.3 Å². The summed E-state index contributed by atoms with van der Waals surface area (Å²) in [7, 11) is 0. The van der Waals surface area contributed by atoms with Crippen LogP contribution in [0.4, 0.5) is 5.69 Å². The number of hydrogen-bond donors (Lipinski definition) is 1. The first-order chi connectivity index (χ1) is 17.0. The normalized spacial score (nSPS) is 10.8. The number of nitrogens with zero attached hydrogens (tertiary/aromatic N) is 1. The van der Waals surface area contributed by atoms with Gasteiger partial charge in [0.1, 0.15) is 0 Å². The molecular formula is C28H28Br2N2O4. The van der Waals surface area contributed by atoms with Gasteiger partial charge < -0.3 is 32.2 Å². The number of nitrogens with two attached hydrogens (primary N) is 1. The molecule has 4 aromatic rings. The molecule has 3 aromatic carbocycles. The molecule has 6 nitrogen and oxygen atoms in total. The summed E-state index contributed by atoms with van der Waals surface area (Å²) >= 11 is 3.55. The molecule has 1 aromatic heterocycles. The summed E-state index contributed by atoms with van der Waals surface area (Å²) in [6.45, 7) is 4.83. The number of alkyl halides is 1. The van der Waals surface area contributed by atoms with Gasteiger partial charge in [-0.05, 0) is 44.2 Å². The number of carbonyl (C=O) groups excluding carboxylic acids is 2. The number of esters is 2. The van der Waals surface area contributed by atoms with E-state index in [2.05, 4.69) is 20.5 Å². The van der Waals surface area contributed by atoms with E-state index in [1.54, 1.807) is 26.0 Å². The Morgan fingerprint density at radius 3 is 2.19 bits per heavy atom. The number of ether oxygens (including phenoxy) is 2. The molecule has 0 aliphatic carbocycles. The van der Waals surface area contributed by atoms with Gasteiger partial charge in [-0.3, -0.25) is 0 Å². The van der Waals surface area contributed by atoms with Gasteiger partial charge in [0.25, 0.3) is 0 Å². The quantitative estimate of drug-likeness (QED) is 0.108. The van der Waals surface area contributed by atoms with E-state index >= 15 is 0 Å². The molecule has 2 N–H and O–H groups in total. The van der Waals surface area contributed by atoms with Crippen LogP contribution in [0.5, 0.6) is 0 Å². The fraction of sp³-hybridized carbons (Fsp3) is 0.250. The fourth-order valence-electron chi connectivity index (χ4n) is 4.41. The van der Waals surface area contributed by atoms with Crippen molar-refractivity contribution < 1.29 is 40.6 Å². The van der Waals surface area contributed by atoms with Crippen LogP contribution in [0.1, 0.15) is 41.0 Å². The van der Waals surface area contributed by atoms with E-state index in [-0.39, 0.29) is 29.6 Å². The van der Waals surface area contributed by atoms with Crippen LogP contribution in [0.2, 0.25) is 0 Å². The number of pyridine rings is 1. The Kier molecular flexibility index (Phi) is 9.45. The highest BCUT2D eigenvalue weighted by atomic mass is 79.9. The Bertz CT molecular complexity index is 1410. The molecule has 0 amide bonds. The molecule has 0 saturated heterocycles. The second-order valence-electron chi connectivity index (χ2n) is 8.07. The highest BCUT2D eigenvalue weighted by Gasteiger charge is 2.27. The van der Waals surface area contributed by atoms with Crippen molar-refractivity contribution in [2.45, 2.75) is 26.8 Å². The van der Waals surface area contributed by atoms with Gasteiger partial charge in [-0.1, -0.05) is 40.2 Å². The zero-order chi connectivity index (χ0) is 24.9. The van der Waals surface area contributed by atoms with E-state index < -0.39 is 5.97 Å². The highest BCUT2D eigenvalue weighted by molar-refractivity contribution is 9.09. The third-order valence-corrected chi connectivity index (χ3v) is 6.40. The molecule has 0 aliphatic rings. The number of nitrogen functional groups attached to an aromatic ring is 1. The third-order valence-electron chi connectivity index (χ3n) is 5.84. The summed E-state index contributed by atoms with van der Waals surface area (Å²) in [5.41, 5.74) is 10.7. The lowest BCUT2D eigenvalue weighted by Crippen LogP contribution is -3.00. The second-order valence-corrected chi connectivity index (χ2v) is 8.86. The van der Waals surface area contributed by atoms with Crippen molar-refractivity contribution in [2.75, 3.05) is 24.3 Å². The molecule has 8 heteroatoms. The number of aryl methyl sites for hydroxylation is 1. The summed E-state index contributed by atoms with van der Waals surface area (Å²) in [5, 5.41) is 3.43. The molecule has 0 unspecified atom stereocenters. The Morgan fingerprint density at radius 2 is 1.56 bits per heavy atom. The van der Waals surface area contributed by atoms with Crippen molar-refractivity contribution in [3.63, 3.8) is 0 Å². The van der Waals surface area contributed by atoms with Crippen molar-refractivity contribution >= 4 is 55.2 Å². The van der Waals surface area contributed by atoms with Gasteiger partial charge >= 0.3 is 11.9 Å². The van der Waals surface area contributed by atoms with E-state index in [0.717, 1.165) is 44.7 Å². The minimum Gasteiger partial charge on any atom is -1.00 e.